The Kier molecular flexibility index (Phi) is 4.34. The zero-order valence-electron chi connectivity index (χ0n) is 12.2. The van der Waals surface area contributed by atoms with Crippen molar-refractivity contribution in [2.45, 2.75) is 45.2 Å². The van der Waals surface area contributed by atoms with Crippen molar-refractivity contribution < 1.29 is 4.39 Å². The predicted octanol–water partition coefficient (Wildman–Crippen LogP) is 5.58. The lowest BCUT2D eigenvalue weighted by Crippen LogP contribution is -2.27. The Morgan fingerprint density at radius 1 is 1.38 bits per heavy atom. The number of nitrogens with one attached hydrogen (secondary N) is 1. The molecule has 1 aromatic heterocycles. The topological polar surface area (TPSA) is 12.0 Å². The maximum atomic E-state index is 13.7. The first-order valence-corrected chi connectivity index (χ1v) is 8.54. The average molecular weight is 324 g/mol. The molecule has 1 N–H and O–H groups in total. The molecule has 21 heavy (non-hydrogen) atoms. The van der Waals surface area contributed by atoms with E-state index in [1.807, 2.05) is 12.1 Å². The Balaban J connectivity index is 1.79. The number of rotatable bonds is 3. The number of hydrogen-bond acceptors (Lipinski definition) is 2. The third-order valence-electron chi connectivity index (χ3n) is 4.23. The molecule has 0 radical (unpaired) electrons. The zero-order chi connectivity index (χ0) is 15.0. The van der Waals surface area contributed by atoms with Crippen LogP contribution in [-0.4, -0.2) is 0 Å². The van der Waals surface area contributed by atoms with Gasteiger partial charge in [0.05, 0.1) is 4.34 Å². The molecule has 112 valence electrons. The summed E-state index contributed by atoms with van der Waals surface area (Å²) in [5.41, 5.74) is 3.01. The summed E-state index contributed by atoms with van der Waals surface area (Å²) in [6, 6.07) is 8.00. The maximum absolute atomic E-state index is 13.7. The second kappa shape index (κ2) is 6.07. The third kappa shape index (κ3) is 3.15. The van der Waals surface area contributed by atoms with Gasteiger partial charge in [0.15, 0.2) is 0 Å². The van der Waals surface area contributed by atoms with Gasteiger partial charge < -0.3 is 5.32 Å². The fraction of sp³-hybridized carbons (Fsp3) is 0.412. The van der Waals surface area contributed by atoms with Gasteiger partial charge in [-0.2, -0.15) is 0 Å². The van der Waals surface area contributed by atoms with Crippen molar-refractivity contribution in [3.8, 4) is 0 Å². The standard InChI is InChI=1S/C17H19ClFNS/c1-10-6-7-12(8-14(10)19)11(2)20-15-4-3-5-16-13(15)9-17(18)21-16/h6-9,11,15,20H,3-5H2,1-2H3. The number of benzene rings is 1. The van der Waals surface area contributed by atoms with Crippen LogP contribution in [0.5, 0.6) is 0 Å². The molecule has 0 fully saturated rings. The van der Waals surface area contributed by atoms with E-state index in [1.54, 1.807) is 24.3 Å². The minimum Gasteiger partial charge on any atom is -0.303 e. The summed E-state index contributed by atoms with van der Waals surface area (Å²) < 4.78 is 14.6. The summed E-state index contributed by atoms with van der Waals surface area (Å²) in [7, 11) is 0. The summed E-state index contributed by atoms with van der Waals surface area (Å²) >= 11 is 7.84. The Morgan fingerprint density at radius 2 is 2.19 bits per heavy atom. The molecule has 1 aliphatic carbocycles. The van der Waals surface area contributed by atoms with E-state index in [-0.39, 0.29) is 11.9 Å². The lowest BCUT2D eigenvalue weighted by molar-refractivity contribution is 0.417. The second-order valence-corrected chi connectivity index (χ2v) is 7.54. The lowest BCUT2D eigenvalue weighted by atomic mass is 9.92. The zero-order valence-corrected chi connectivity index (χ0v) is 13.8. The van der Waals surface area contributed by atoms with Gasteiger partial charge in [-0.1, -0.05) is 23.7 Å². The minimum absolute atomic E-state index is 0.120. The van der Waals surface area contributed by atoms with E-state index in [1.165, 1.54) is 16.9 Å². The molecule has 0 aliphatic heterocycles. The molecule has 0 spiro atoms. The molecule has 1 aromatic carbocycles. The van der Waals surface area contributed by atoms with E-state index in [0.29, 0.717) is 11.6 Å². The Bertz CT molecular complexity index is 652. The minimum atomic E-state index is -0.135. The van der Waals surface area contributed by atoms with Crippen molar-refractivity contribution >= 4 is 22.9 Å². The highest BCUT2D eigenvalue weighted by Crippen LogP contribution is 2.38. The van der Waals surface area contributed by atoms with Crippen molar-refractivity contribution in [1.29, 1.82) is 0 Å². The quantitative estimate of drug-likeness (QED) is 0.777. The van der Waals surface area contributed by atoms with Gasteiger partial charge in [0.2, 0.25) is 0 Å². The molecule has 4 heteroatoms. The van der Waals surface area contributed by atoms with Crippen LogP contribution in [0.4, 0.5) is 4.39 Å². The van der Waals surface area contributed by atoms with Crippen LogP contribution in [0.3, 0.4) is 0 Å². The highest BCUT2D eigenvalue weighted by molar-refractivity contribution is 7.16. The van der Waals surface area contributed by atoms with E-state index in [9.17, 15) is 4.39 Å². The van der Waals surface area contributed by atoms with Crippen molar-refractivity contribution in [2.75, 3.05) is 0 Å². The molecule has 1 aliphatic rings. The predicted molar refractivity (Wildman–Crippen MR) is 87.7 cm³/mol. The molecule has 2 unspecified atom stereocenters. The smallest absolute Gasteiger partial charge is 0.126 e. The van der Waals surface area contributed by atoms with E-state index < -0.39 is 0 Å². The fourth-order valence-corrected chi connectivity index (χ4v) is 4.35. The molecule has 0 amide bonds. The van der Waals surface area contributed by atoms with Crippen LogP contribution in [0, 0.1) is 12.7 Å². The SMILES string of the molecule is Cc1ccc(C(C)NC2CCCc3sc(Cl)cc32)cc1F. The molecule has 3 rings (SSSR count). The first-order valence-electron chi connectivity index (χ1n) is 7.35. The summed E-state index contributed by atoms with van der Waals surface area (Å²) in [6.45, 7) is 3.88. The largest absolute Gasteiger partial charge is 0.303 e. The van der Waals surface area contributed by atoms with E-state index >= 15 is 0 Å². The molecule has 0 saturated heterocycles. The summed E-state index contributed by atoms with van der Waals surface area (Å²) in [5, 5.41) is 3.63. The molecular weight excluding hydrogens is 305 g/mol. The van der Waals surface area contributed by atoms with Gasteiger partial charge in [0.1, 0.15) is 5.82 Å². The van der Waals surface area contributed by atoms with Crippen LogP contribution < -0.4 is 5.32 Å². The number of thiophene rings is 1. The first kappa shape index (κ1) is 15.0. The maximum Gasteiger partial charge on any atom is 0.126 e. The molecular formula is C17H19ClFNS. The highest BCUT2D eigenvalue weighted by Gasteiger charge is 2.24. The van der Waals surface area contributed by atoms with Gasteiger partial charge in [0.25, 0.3) is 0 Å². The van der Waals surface area contributed by atoms with Crippen LogP contribution in [0.25, 0.3) is 0 Å². The molecule has 2 aromatic rings. The highest BCUT2D eigenvalue weighted by atomic mass is 35.5. The molecule has 0 bridgehead atoms. The molecule has 2 atom stereocenters. The Morgan fingerprint density at radius 3 is 2.95 bits per heavy atom. The van der Waals surface area contributed by atoms with Crippen molar-refractivity contribution in [3.05, 3.63) is 56.0 Å². The average Bonchev–Trinajstić information content (AvgIpc) is 2.83. The van der Waals surface area contributed by atoms with Crippen LogP contribution in [-0.2, 0) is 6.42 Å². The van der Waals surface area contributed by atoms with Crippen LogP contribution in [0.1, 0.15) is 53.4 Å². The van der Waals surface area contributed by atoms with Gasteiger partial charge in [-0.25, -0.2) is 4.39 Å². The number of aryl methyl sites for hydroxylation is 2. The Labute approximate surface area is 134 Å². The van der Waals surface area contributed by atoms with Gasteiger partial charge in [-0.05, 0) is 61.9 Å². The van der Waals surface area contributed by atoms with Crippen LogP contribution >= 0.6 is 22.9 Å². The van der Waals surface area contributed by atoms with Gasteiger partial charge in [-0.3, -0.25) is 0 Å². The van der Waals surface area contributed by atoms with E-state index in [2.05, 4.69) is 18.3 Å². The first-order chi connectivity index (χ1) is 10.0. The van der Waals surface area contributed by atoms with Crippen molar-refractivity contribution in [3.63, 3.8) is 0 Å². The van der Waals surface area contributed by atoms with Crippen molar-refractivity contribution in [2.24, 2.45) is 0 Å². The van der Waals surface area contributed by atoms with Crippen molar-refractivity contribution in [1.82, 2.24) is 5.32 Å². The molecule has 1 nitrogen and oxygen atoms in total. The Hall–Kier alpha value is -0.900. The van der Waals surface area contributed by atoms with Gasteiger partial charge in [0, 0.05) is 17.0 Å². The van der Waals surface area contributed by atoms with Crippen LogP contribution in [0.2, 0.25) is 4.34 Å². The van der Waals surface area contributed by atoms with E-state index in [4.69, 9.17) is 11.6 Å². The summed E-state index contributed by atoms with van der Waals surface area (Å²) in [6.07, 6.45) is 3.41. The number of fused-ring (bicyclic) bond motifs is 1. The second-order valence-electron chi connectivity index (χ2n) is 5.77. The van der Waals surface area contributed by atoms with Gasteiger partial charge in [-0.15, -0.1) is 11.3 Å². The normalized spacial score (nSPS) is 19.3. The number of hydrogen-bond donors (Lipinski definition) is 1. The van der Waals surface area contributed by atoms with E-state index in [0.717, 1.165) is 22.7 Å². The number of halogens is 2. The van der Waals surface area contributed by atoms with Gasteiger partial charge >= 0.3 is 0 Å². The van der Waals surface area contributed by atoms with Crippen LogP contribution in [0.15, 0.2) is 24.3 Å². The fourth-order valence-electron chi connectivity index (χ4n) is 2.97. The third-order valence-corrected chi connectivity index (χ3v) is 5.57. The monoisotopic (exact) mass is 323 g/mol. The summed E-state index contributed by atoms with van der Waals surface area (Å²) in [5.74, 6) is -0.135. The molecule has 1 heterocycles. The molecule has 0 saturated carbocycles. The summed E-state index contributed by atoms with van der Waals surface area (Å²) in [4.78, 5) is 1.39. The lowest BCUT2D eigenvalue weighted by Gasteiger charge is -2.27.